The first-order chi connectivity index (χ1) is 11.3. The number of sulfonamides is 1. The van der Waals surface area contributed by atoms with Crippen molar-refractivity contribution in [1.29, 1.82) is 5.26 Å². The Balaban J connectivity index is 2.26. The molecule has 2 aromatic carbocycles. The number of halogens is 1. The molecule has 1 N–H and O–H groups in total. The van der Waals surface area contributed by atoms with Gasteiger partial charge in [-0.05, 0) is 36.8 Å². The molecule has 7 heteroatoms. The van der Waals surface area contributed by atoms with Gasteiger partial charge in [0.1, 0.15) is 5.82 Å². The summed E-state index contributed by atoms with van der Waals surface area (Å²) in [6.07, 6.45) is 0. The Morgan fingerprint density at radius 3 is 2.50 bits per heavy atom. The molecule has 0 unspecified atom stereocenters. The molecule has 0 aliphatic carbocycles. The lowest BCUT2D eigenvalue weighted by molar-refractivity contribution is 0.521. The van der Waals surface area contributed by atoms with Gasteiger partial charge in [0.2, 0.25) is 10.0 Å². The van der Waals surface area contributed by atoms with Gasteiger partial charge in [-0.25, -0.2) is 17.1 Å². The van der Waals surface area contributed by atoms with Crippen LogP contribution < -0.4 is 5.32 Å². The first-order valence-electron chi connectivity index (χ1n) is 7.21. The summed E-state index contributed by atoms with van der Waals surface area (Å²) in [5.41, 5.74) is 2.12. The normalized spacial score (nSPS) is 11.3. The smallest absolute Gasteiger partial charge is 0.242 e. The predicted molar refractivity (Wildman–Crippen MR) is 90.5 cm³/mol. The van der Waals surface area contributed by atoms with Crippen molar-refractivity contribution in [2.75, 3.05) is 19.4 Å². The van der Waals surface area contributed by atoms with Crippen LogP contribution in [0.1, 0.15) is 16.7 Å². The summed E-state index contributed by atoms with van der Waals surface area (Å²) in [6, 6.07) is 10.9. The molecular formula is C17H18FN3O2S. The molecule has 0 saturated heterocycles. The molecule has 0 fully saturated rings. The molecule has 0 aromatic heterocycles. The average Bonchev–Trinajstić information content (AvgIpc) is 2.54. The second-order valence-corrected chi connectivity index (χ2v) is 7.69. The van der Waals surface area contributed by atoms with E-state index in [4.69, 9.17) is 5.26 Å². The van der Waals surface area contributed by atoms with Gasteiger partial charge in [-0.2, -0.15) is 5.26 Å². The Kier molecular flexibility index (Phi) is 5.22. The third-order valence-corrected chi connectivity index (χ3v) is 5.45. The second-order valence-electron chi connectivity index (χ2n) is 5.54. The molecule has 24 heavy (non-hydrogen) atoms. The van der Waals surface area contributed by atoms with Crippen LogP contribution in [-0.4, -0.2) is 26.8 Å². The first kappa shape index (κ1) is 17.9. The fourth-order valence-electron chi connectivity index (χ4n) is 2.11. The van der Waals surface area contributed by atoms with Gasteiger partial charge in [0.25, 0.3) is 0 Å². The summed E-state index contributed by atoms with van der Waals surface area (Å²) < 4.78 is 39.5. The highest BCUT2D eigenvalue weighted by Gasteiger charge is 2.18. The van der Waals surface area contributed by atoms with Gasteiger partial charge < -0.3 is 5.32 Å². The Morgan fingerprint density at radius 2 is 1.92 bits per heavy atom. The number of rotatable bonds is 5. The molecule has 0 atom stereocenters. The zero-order valence-corrected chi connectivity index (χ0v) is 14.5. The number of nitrogens with one attached hydrogen (secondary N) is 1. The van der Waals surface area contributed by atoms with Crippen LogP contribution in [0.2, 0.25) is 0 Å². The van der Waals surface area contributed by atoms with E-state index in [1.165, 1.54) is 38.4 Å². The van der Waals surface area contributed by atoms with Gasteiger partial charge in [-0.1, -0.05) is 12.1 Å². The Labute approximate surface area is 141 Å². The van der Waals surface area contributed by atoms with Gasteiger partial charge in [0, 0.05) is 31.9 Å². The summed E-state index contributed by atoms with van der Waals surface area (Å²) in [4.78, 5) is 0.168. The second kappa shape index (κ2) is 6.99. The number of benzene rings is 2. The van der Waals surface area contributed by atoms with Crippen LogP contribution in [0, 0.1) is 24.1 Å². The molecule has 0 heterocycles. The van der Waals surface area contributed by atoms with Crippen molar-refractivity contribution < 1.29 is 12.8 Å². The molecule has 126 valence electrons. The molecular weight excluding hydrogens is 329 g/mol. The zero-order valence-electron chi connectivity index (χ0n) is 13.7. The molecule has 0 saturated carbocycles. The van der Waals surface area contributed by atoms with Crippen molar-refractivity contribution in [2.45, 2.75) is 18.4 Å². The summed E-state index contributed by atoms with van der Waals surface area (Å²) in [5.74, 6) is -0.476. The monoisotopic (exact) mass is 347 g/mol. The highest BCUT2D eigenvalue weighted by atomic mass is 32.2. The molecule has 0 radical (unpaired) electrons. The maximum Gasteiger partial charge on any atom is 0.242 e. The van der Waals surface area contributed by atoms with E-state index in [0.717, 1.165) is 9.87 Å². The van der Waals surface area contributed by atoms with Crippen LogP contribution in [0.25, 0.3) is 0 Å². The summed E-state index contributed by atoms with van der Waals surface area (Å²) >= 11 is 0. The third-order valence-electron chi connectivity index (χ3n) is 3.64. The van der Waals surface area contributed by atoms with Crippen molar-refractivity contribution in [3.05, 3.63) is 58.9 Å². The van der Waals surface area contributed by atoms with Gasteiger partial charge in [0.15, 0.2) is 0 Å². The van der Waals surface area contributed by atoms with Gasteiger partial charge >= 0.3 is 0 Å². The minimum Gasteiger partial charge on any atom is -0.381 e. The summed E-state index contributed by atoms with van der Waals surface area (Å²) in [7, 11) is -0.600. The Bertz CT molecular complexity index is 903. The number of hydrogen-bond donors (Lipinski definition) is 1. The maximum atomic E-state index is 13.9. The van der Waals surface area contributed by atoms with Crippen LogP contribution in [0.15, 0.2) is 41.3 Å². The topological polar surface area (TPSA) is 73.2 Å². The fourth-order valence-corrected chi connectivity index (χ4v) is 3.04. The average molecular weight is 347 g/mol. The molecule has 2 rings (SSSR count). The number of nitriles is 1. The summed E-state index contributed by atoms with van der Waals surface area (Å²) in [6.45, 7) is 2.02. The van der Waals surface area contributed by atoms with Crippen molar-refractivity contribution in [3.8, 4) is 6.07 Å². The molecule has 0 amide bonds. The van der Waals surface area contributed by atoms with Crippen molar-refractivity contribution in [2.24, 2.45) is 0 Å². The minimum absolute atomic E-state index is 0.168. The Hall–Kier alpha value is -2.43. The number of nitrogens with zero attached hydrogens (tertiary/aromatic N) is 2. The van der Waals surface area contributed by atoms with Crippen molar-refractivity contribution in [3.63, 3.8) is 0 Å². The van der Waals surface area contributed by atoms with E-state index < -0.39 is 15.8 Å². The first-order valence-corrected chi connectivity index (χ1v) is 8.65. The number of aryl methyl sites for hydroxylation is 1. The fraction of sp³-hybridized carbons (Fsp3) is 0.235. The van der Waals surface area contributed by atoms with Crippen LogP contribution in [0.4, 0.5) is 10.1 Å². The summed E-state index contributed by atoms with van der Waals surface area (Å²) in [5, 5.41) is 11.8. The molecule has 0 aliphatic rings. The van der Waals surface area contributed by atoms with E-state index >= 15 is 0 Å². The SMILES string of the molecule is Cc1ccc(S(=O)(=O)N(C)C)cc1NCc1ccc(C#N)cc1F. The van der Waals surface area contributed by atoms with E-state index in [1.807, 2.05) is 13.0 Å². The predicted octanol–water partition coefficient (Wildman–Crippen LogP) is 2.87. The van der Waals surface area contributed by atoms with Gasteiger partial charge in [0.05, 0.1) is 16.5 Å². The van der Waals surface area contributed by atoms with Crippen LogP contribution in [-0.2, 0) is 16.6 Å². The largest absolute Gasteiger partial charge is 0.381 e. The Morgan fingerprint density at radius 1 is 1.21 bits per heavy atom. The van der Waals surface area contributed by atoms with E-state index in [2.05, 4.69) is 5.32 Å². The quantitative estimate of drug-likeness (QED) is 0.903. The molecule has 2 aromatic rings. The lowest BCUT2D eigenvalue weighted by Crippen LogP contribution is -2.22. The van der Waals surface area contributed by atoms with E-state index in [9.17, 15) is 12.8 Å². The van der Waals surface area contributed by atoms with Crippen LogP contribution >= 0.6 is 0 Å². The number of hydrogen-bond acceptors (Lipinski definition) is 4. The number of anilines is 1. The maximum absolute atomic E-state index is 13.9. The third kappa shape index (κ3) is 3.72. The van der Waals surface area contributed by atoms with E-state index in [1.54, 1.807) is 12.1 Å². The molecule has 0 aliphatic heterocycles. The van der Waals surface area contributed by atoms with Crippen molar-refractivity contribution in [1.82, 2.24) is 4.31 Å². The lowest BCUT2D eigenvalue weighted by atomic mass is 10.1. The highest BCUT2D eigenvalue weighted by Crippen LogP contribution is 2.23. The van der Waals surface area contributed by atoms with Crippen molar-refractivity contribution >= 4 is 15.7 Å². The van der Waals surface area contributed by atoms with Gasteiger partial charge in [-0.15, -0.1) is 0 Å². The van der Waals surface area contributed by atoms with Crippen LogP contribution in [0.3, 0.4) is 0 Å². The molecule has 0 bridgehead atoms. The minimum atomic E-state index is -3.53. The van der Waals surface area contributed by atoms with Gasteiger partial charge in [-0.3, -0.25) is 0 Å². The standard InChI is InChI=1S/C17H18FN3O2S/c1-12-4-7-15(24(22,23)21(2)3)9-17(12)20-11-14-6-5-13(10-19)8-16(14)18/h4-9,20H,11H2,1-3H3. The highest BCUT2D eigenvalue weighted by molar-refractivity contribution is 7.89. The zero-order chi connectivity index (χ0) is 17.9. The van der Waals surface area contributed by atoms with E-state index in [-0.39, 0.29) is 17.0 Å². The molecule has 0 spiro atoms. The molecule has 5 nitrogen and oxygen atoms in total. The lowest BCUT2D eigenvalue weighted by Gasteiger charge is -2.15. The van der Waals surface area contributed by atoms with E-state index in [0.29, 0.717) is 11.3 Å². The van der Waals surface area contributed by atoms with Crippen LogP contribution in [0.5, 0.6) is 0 Å².